The van der Waals surface area contributed by atoms with Crippen LogP contribution in [-0.4, -0.2) is 38.2 Å². The Morgan fingerprint density at radius 1 is 1.00 bits per heavy atom. The zero-order chi connectivity index (χ0) is 23.9. The van der Waals surface area contributed by atoms with E-state index in [1.807, 2.05) is 25.6 Å². The van der Waals surface area contributed by atoms with Crippen LogP contribution in [0.3, 0.4) is 0 Å². The lowest BCUT2D eigenvalue weighted by Gasteiger charge is -2.40. The fourth-order valence-corrected chi connectivity index (χ4v) is 6.13. The van der Waals surface area contributed by atoms with E-state index in [-0.39, 0.29) is 5.91 Å². The van der Waals surface area contributed by atoms with Gasteiger partial charge in [0.15, 0.2) is 0 Å². The van der Waals surface area contributed by atoms with E-state index in [1.54, 1.807) is 4.68 Å². The Bertz CT molecular complexity index is 1380. The summed E-state index contributed by atoms with van der Waals surface area (Å²) >= 11 is 0. The lowest BCUT2D eigenvalue weighted by Crippen LogP contribution is -2.46. The van der Waals surface area contributed by atoms with Gasteiger partial charge in [0, 0.05) is 49.1 Å². The molecule has 0 radical (unpaired) electrons. The van der Waals surface area contributed by atoms with Gasteiger partial charge in [-0.2, -0.15) is 5.10 Å². The molecule has 2 aliphatic rings. The minimum Gasteiger partial charge on any atom is -0.335 e. The van der Waals surface area contributed by atoms with Crippen LogP contribution < -0.4 is 0 Å². The van der Waals surface area contributed by atoms with Crippen LogP contribution in [0, 0.1) is 0 Å². The van der Waals surface area contributed by atoms with Crippen LogP contribution in [0.4, 0.5) is 0 Å². The Labute approximate surface area is 206 Å². The van der Waals surface area contributed by atoms with E-state index >= 15 is 0 Å². The molecule has 0 bridgehead atoms. The van der Waals surface area contributed by atoms with E-state index in [9.17, 15) is 4.79 Å². The molecule has 2 aromatic carbocycles. The van der Waals surface area contributed by atoms with Crippen LogP contribution in [0.1, 0.15) is 72.0 Å². The summed E-state index contributed by atoms with van der Waals surface area (Å²) in [6.45, 7) is 3.12. The van der Waals surface area contributed by atoms with Gasteiger partial charge in [0.05, 0.1) is 11.9 Å². The van der Waals surface area contributed by atoms with Gasteiger partial charge in [-0.15, -0.1) is 0 Å². The highest BCUT2D eigenvalue weighted by atomic mass is 16.2. The molecule has 1 unspecified atom stereocenters. The minimum absolute atomic E-state index is 0.224. The van der Waals surface area contributed by atoms with E-state index in [0.29, 0.717) is 12.0 Å². The lowest BCUT2D eigenvalue weighted by atomic mass is 9.82. The number of aryl methyl sites for hydroxylation is 1. The Morgan fingerprint density at radius 2 is 1.80 bits per heavy atom. The smallest absolute Gasteiger partial charge is 0.254 e. The van der Waals surface area contributed by atoms with Crippen LogP contribution in [0.2, 0.25) is 0 Å². The first-order valence-corrected chi connectivity index (χ1v) is 12.9. The van der Waals surface area contributed by atoms with Gasteiger partial charge in [0.1, 0.15) is 0 Å². The number of carbonyl (C=O) groups excluding carboxylic acids is 1. The molecule has 5 heteroatoms. The van der Waals surface area contributed by atoms with Gasteiger partial charge >= 0.3 is 0 Å². The zero-order valence-electron chi connectivity index (χ0n) is 20.6. The first-order chi connectivity index (χ1) is 17.1. The summed E-state index contributed by atoms with van der Waals surface area (Å²) in [6.07, 6.45) is 12.6. The molecule has 0 N–H and O–H groups in total. The maximum atomic E-state index is 13.8. The number of amides is 1. The molecule has 3 heterocycles. The molecule has 6 rings (SSSR count). The predicted octanol–water partition coefficient (Wildman–Crippen LogP) is 6.12. The molecule has 0 saturated heterocycles. The maximum Gasteiger partial charge on any atom is 0.254 e. The van der Waals surface area contributed by atoms with Gasteiger partial charge < -0.3 is 4.90 Å². The van der Waals surface area contributed by atoms with Crippen molar-refractivity contribution in [2.24, 2.45) is 7.05 Å². The first-order valence-electron chi connectivity index (χ1n) is 12.9. The number of rotatable bonds is 4. The molecule has 178 valence electrons. The molecule has 0 spiro atoms. The van der Waals surface area contributed by atoms with Crippen LogP contribution in [0.15, 0.2) is 61.1 Å². The van der Waals surface area contributed by atoms with Crippen molar-refractivity contribution >= 4 is 16.7 Å². The maximum absolute atomic E-state index is 13.8. The number of pyridine rings is 1. The van der Waals surface area contributed by atoms with Crippen molar-refractivity contribution < 1.29 is 4.79 Å². The number of hydrogen-bond acceptors (Lipinski definition) is 3. The van der Waals surface area contributed by atoms with Crippen LogP contribution in [0.25, 0.3) is 22.0 Å². The van der Waals surface area contributed by atoms with Crippen molar-refractivity contribution in [3.05, 3.63) is 83.3 Å². The van der Waals surface area contributed by atoms with Gasteiger partial charge in [0.25, 0.3) is 5.91 Å². The van der Waals surface area contributed by atoms with Crippen molar-refractivity contribution in [3.63, 3.8) is 0 Å². The van der Waals surface area contributed by atoms with E-state index in [2.05, 4.69) is 59.4 Å². The molecule has 1 aliphatic heterocycles. The van der Waals surface area contributed by atoms with E-state index in [1.165, 1.54) is 41.2 Å². The number of nitrogens with zero attached hydrogens (tertiary/aromatic N) is 4. The Balaban J connectivity index is 1.37. The zero-order valence-corrected chi connectivity index (χ0v) is 20.6. The third-order valence-corrected chi connectivity index (χ3v) is 7.86. The molecule has 1 amide bonds. The average Bonchev–Trinajstić information content (AvgIpc) is 3.33. The van der Waals surface area contributed by atoms with Crippen LogP contribution >= 0.6 is 0 Å². The lowest BCUT2D eigenvalue weighted by molar-refractivity contribution is 0.0594. The van der Waals surface area contributed by atoms with Crippen molar-refractivity contribution in [2.75, 3.05) is 6.54 Å². The van der Waals surface area contributed by atoms with Crippen molar-refractivity contribution in [1.82, 2.24) is 19.7 Å². The molecular formula is C30H32N4O. The molecule has 35 heavy (non-hydrogen) atoms. The normalized spacial score (nSPS) is 18.7. The summed E-state index contributed by atoms with van der Waals surface area (Å²) in [5, 5.41) is 6.72. The number of hydrogen-bond donors (Lipinski definition) is 0. The van der Waals surface area contributed by atoms with Gasteiger partial charge in [-0.1, -0.05) is 56.5 Å². The van der Waals surface area contributed by atoms with Crippen molar-refractivity contribution in [3.8, 4) is 11.3 Å². The highest BCUT2D eigenvalue weighted by Crippen LogP contribution is 2.39. The molecule has 1 saturated carbocycles. The standard InChI is InChI=1S/C30H32N4O/c1-20-18-34(24-8-4-3-5-9-24)30(35)27-15-22(25-10-6-7-11-26(25)29(20)27)14-21-12-13-28(31-16-21)23-17-32-33(2)19-23/h6-7,10-13,15-17,19-20,24H,3-5,8-9,14,18H2,1-2H3. The molecule has 2 aromatic heterocycles. The molecule has 5 nitrogen and oxygen atoms in total. The molecule has 1 atom stereocenters. The summed E-state index contributed by atoms with van der Waals surface area (Å²) in [7, 11) is 1.91. The van der Waals surface area contributed by atoms with Gasteiger partial charge in [-0.25, -0.2) is 0 Å². The summed E-state index contributed by atoms with van der Waals surface area (Å²) < 4.78 is 1.79. The summed E-state index contributed by atoms with van der Waals surface area (Å²) in [5.74, 6) is 0.561. The predicted molar refractivity (Wildman–Crippen MR) is 140 cm³/mol. The van der Waals surface area contributed by atoms with E-state index in [4.69, 9.17) is 4.98 Å². The second-order valence-electron chi connectivity index (χ2n) is 10.3. The second-order valence-corrected chi connectivity index (χ2v) is 10.3. The van der Waals surface area contributed by atoms with Crippen molar-refractivity contribution in [2.45, 2.75) is 57.4 Å². The highest BCUT2D eigenvalue weighted by molar-refractivity contribution is 6.04. The average molecular weight is 465 g/mol. The first kappa shape index (κ1) is 22.0. The highest BCUT2D eigenvalue weighted by Gasteiger charge is 2.35. The SMILES string of the molecule is CC1CN(C2CCCCC2)C(=O)c2cc(Cc3ccc(-c4cnn(C)c4)nc3)c3ccccc3c21. The summed E-state index contributed by atoms with van der Waals surface area (Å²) in [4.78, 5) is 20.7. The van der Waals surface area contributed by atoms with Crippen LogP contribution in [0.5, 0.6) is 0 Å². The third-order valence-electron chi connectivity index (χ3n) is 7.86. The number of aromatic nitrogens is 3. The van der Waals surface area contributed by atoms with E-state index < -0.39 is 0 Å². The third kappa shape index (κ3) is 4.03. The largest absolute Gasteiger partial charge is 0.335 e. The van der Waals surface area contributed by atoms with Gasteiger partial charge in [-0.05, 0) is 58.9 Å². The molecule has 1 fully saturated rings. The Hall–Kier alpha value is -3.47. The summed E-state index contributed by atoms with van der Waals surface area (Å²) in [6, 6.07) is 15.4. The van der Waals surface area contributed by atoms with E-state index in [0.717, 1.165) is 48.2 Å². The number of benzene rings is 2. The fraction of sp³-hybridized carbons (Fsp3) is 0.367. The number of fused-ring (bicyclic) bond motifs is 3. The fourth-order valence-electron chi connectivity index (χ4n) is 6.13. The molecule has 1 aliphatic carbocycles. The molecule has 4 aromatic rings. The Morgan fingerprint density at radius 3 is 2.51 bits per heavy atom. The topological polar surface area (TPSA) is 51.0 Å². The molecular weight excluding hydrogens is 432 g/mol. The minimum atomic E-state index is 0.224. The van der Waals surface area contributed by atoms with Gasteiger partial charge in [-0.3, -0.25) is 14.5 Å². The van der Waals surface area contributed by atoms with Crippen molar-refractivity contribution in [1.29, 1.82) is 0 Å². The second kappa shape index (κ2) is 8.95. The summed E-state index contributed by atoms with van der Waals surface area (Å²) in [5.41, 5.74) is 6.41. The number of carbonyl (C=O) groups is 1. The Kier molecular flexibility index (Phi) is 5.63. The quantitative estimate of drug-likeness (QED) is 0.366. The monoisotopic (exact) mass is 464 g/mol. The van der Waals surface area contributed by atoms with Gasteiger partial charge in [0.2, 0.25) is 0 Å². The van der Waals surface area contributed by atoms with Crippen LogP contribution in [-0.2, 0) is 13.5 Å².